The Morgan fingerprint density at radius 3 is 1.61 bits per heavy atom. The normalized spacial score (nSPS) is 13.5. The van der Waals surface area contributed by atoms with Gasteiger partial charge in [0.1, 0.15) is 5.58 Å². The molecule has 0 fully saturated rings. The number of aromatic nitrogens is 4. The number of fused-ring (bicyclic) bond motifs is 5. The zero-order valence-corrected chi connectivity index (χ0v) is 39.9. The summed E-state index contributed by atoms with van der Waals surface area (Å²) in [7, 11) is 0. The SMILES string of the molecule is CC(C)c1cccc(C(C)C)c1-n1c(-c2[c-]cccc2)nc2ccccc21.[2H]C([2H])([2H])c1ccc2c(c1)oc1c(-c3nc4ccccc4n3-c3c(C(C)C)cccc3C(C)C)[c-]cc(C([2H])([2H])[2H])c12.[Ir]. The summed E-state index contributed by atoms with van der Waals surface area (Å²) in [6.45, 7) is 12.9. The van der Waals surface area contributed by atoms with Crippen LogP contribution in [0.15, 0.2) is 138 Å². The second kappa shape index (κ2) is 18.2. The van der Waals surface area contributed by atoms with Crippen LogP contribution in [-0.4, -0.2) is 19.1 Å². The van der Waals surface area contributed by atoms with Crippen LogP contribution in [0, 0.1) is 25.8 Å². The van der Waals surface area contributed by atoms with Crippen molar-refractivity contribution in [3.05, 3.63) is 179 Å². The standard InChI is InChI=1S/C33H31N2O.C25H25N2.Ir/c1-19(2)23-10-9-11-24(20(3)4)31(23)35-28-13-8-7-12-27(28)34-33(35)26-17-15-22(6)30-25-16-14-21(5)18-29(25)36-32(26)30;1-17(2)20-13-10-14-21(18(3)4)24(20)27-23-16-9-8-15-22(23)26-25(27)19-11-6-5-7-12-19;/h7-16,18-20H,1-6H3;5-11,13-18H,1-4H3;/q2*-1;/i5D3,6D3;;. The molecule has 325 valence electrons. The number of aryl methyl sites for hydroxylation is 2. The van der Waals surface area contributed by atoms with Gasteiger partial charge in [0.15, 0.2) is 0 Å². The number of imidazole rings is 2. The Morgan fingerprint density at radius 1 is 0.562 bits per heavy atom. The number of hydrogen-bond acceptors (Lipinski definition) is 3. The largest absolute Gasteiger partial charge is 0.501 e. The Hall–Kier alpha value is -6.07. The van der Waals surface area contributed by atoms with E-state index in [1.165, 1.54) is 35.0 Å². The predicted molar refractivity (Wildman–Crippen MR) is 264 cm³/mol. The fourth-order valence-corrected chi connectivity index (χ4v) is 8.91. The number of nitrogens with zero attached hydrogens (tertiary/aromatic N) is 4. The van der Waals surface area contributed by atoms with Gasteiger partial charge in [-0.3, -0.25) is 9.97 Å². The molecule has 10 rings (SSSR count). The van der Waals surface area contributed by atoms with Gasteiger partial charge in [0, 0.05) is 45.1 Å². The first-order valence-corrected chi connectivity index (χ1v) is 22.0. The van der Waals surface area contributed by atoms with Gasteiger partial charge in [-0.05, 0) is 88.7 Å². The van der Waals surface area contributed by atoms with Crippen LogP contribution in [0.5, 0.6) is 0 Å². The van der Waals surface area contributed by atoms with E-state index in [1.807, 2.05) is 42.5 Å². The molecular formula is C58H56IrN4O-2. The third-order valence-corrected chi connectivity index (χ3v) is 12.0. The van der Waals surface area contributed by atoms with Crippen molar-refractivity contribution in [2.75, 3.05) is 0 Å². The van der Waals surface area contributed by atoms with Gasteiger partial charge < -0.3 is 13.6 Å². The van der Waals surface area contributed by atoms with Crippen LogP contribution in [0.3, 0.4) is 0 Å². The van der Waals surface area contributed by atoms with Crippen LogP contribution >= 0.6 is 0 Å². The van der Waals surface area contributed by atoms with E-state index in [9.17, 15) is 0 Å². The number of para-hydroxylation sites is 6. The van der Waals surface area contributed by atoms with Crippen molar-refractivity contribution in [1.82, 2.24) is 19.1 Å². The molecule has 7 aromatic carbocycles. The number of furan rings is 1. The topological polar surface area (TPSA) is 48.8 Å². The van der Waals surface area contributed by atoms with Gasteiger partial charge in [-0.2, -0.15) is 0 Å². The fourth-order valence-electron chi connectivity index (χ4n) is 8.91. The summed E-state index contributed by atoms with van der Waals surface area (Å²) in [5, 5.41) is 0.947. The molecule has 10 aromatic rings. The molecule has 0 aliphatic rings. The molecule has 0 atom stereocenters. The molecule has 0 saturated heterocycles. The molecule has 0 bridgehead atoms. The van der Waals surface area contributed by atoms with Crippen LogP contribution < -0.4 is 0 Å². The monoisotopic (exact) mass is 1020 g/mol. The maximum absolute atomic E-state index is 8.26. The second-order valence-corrected chi connectivity index (χ2v) is 17.6. The summed E-state index contributed by atoms with van der Waals surface area (Å²) in [4.78, 5) is 10.1. The second-order valence-electron chi connectivity index (χ2n) is 17.6. The fraction of sp³-hybridized carbons (Fsp3) is 0.241. The van der Waals surface area contributed by atoms with Gasteiger partial charge in [0.25, 0.3) is 0 Å². The Morgan fingerprint density at radius 2 is 1.09 bits per heavy atom. The predicted octanol–water partition coefficient (Wildman–Crippen LogP) is 16.0. The molecule has 1 radical (unpaired) electrons. The summed E-state index contributed by atoms with van der Waals surface area (Å²) in [6, 6.07) is 50.1. The molecule has 3 heterocycles. The Kier molecular flexibility index (Phi) is 10.6. The van der Waals surface area contributed by atoms with Gasteiger partial charge in [-0.15, -0.1) is 53.6 Å². The molecule has 0 unspecified atom stereocenters. The van der Waals surface area contributed by atoms with Crippen molar-refractivity contribution in [2.45, 2.75) is 92.8 Å². The van der Waals surface area contributed by atoms with Crippen molar-refractivity contribution in [3.63, 3.8) is 0 Å². The van der Waals surface area contributed by atoms with E-state index in [1.54, 1.807) is 6.07 Å². The quantitative estimate of drug-likeness (QED) is 0.143. The van der Waals surface area contributed by atoms with Crippen LogP contribution in [-0.2, 0) is 20.1 Å². The maximum atomic E-state index is 8.26. The van der Waals surface area contributed by atoms with Crippen molar-refractivity contribution < 1.29 is 32.7 Å². The van der Waals surface area contributed by atoms with Crippen molar-refractivity contribution in [2.24, 2.45) is 0 Å². The molecule has 5 nitrogen and oxygen atoms in total. The molecule has 3 aromatic heterocycles. The van der Waals surface area contributed by atoms with Gasteiger partial charge in [0.05, 0.1) is 39.3 Å². The minimum Gasteiger partial charge on any atom is -0.501 e. The molecule has 6 heteroatoms. The van der Waals surface area contributed by atoms with Gasteiger partial charge in [-0.25, -0.2) is 0 Å². The molecular weight excluding hydrogens is 961 g/mol. The Balaban J connectivity index is 0.000000203. The summed E-state index contributed by atoms with van der Waals surface area (Å²) in [6.07, 6.45) is 0. The number of benzene rings is 7. The van der Waals surface area contributed by atoms with E-state index >= 15 is 0 Å². The van der Waals surface area contributed by atoms with Gasteiger partial charge >= 0.3 is 0 Å². The van der Waals surface area contributed by atoms with Crippen LogP contribution in [0.1, 0.15) is 121 Å². The van der Waals surface area contributed by atoms with E-state index in [0.29, 0.717) is 45.2 Å². The molecule has 0 saturated carbocycles. The van der Waals surface area contributed by atoms with Crippen molar-refractivity contribution >= 4 is 44.0 Å². The number of rotatable bonds is 8. The average Bonchev–Trinajstić information content (AvgIpc) is 4.02. The molecule has 0 aliphatic heterocycles. The van der Waals surface area contributed by atoms with E-state index in [0.717, 1.165) is 50.3 Å². The molecule has 0 aliphatic carbocycles. The summed E-state index contributed by atoms with van der Waals surface area (Å²) >= 11 is 0. The van der Waals surface area contributed by atoms with Crippen LogP contribution in [0.2, 0.25) is 0 Å². The van der Waals surface area contributed by atoms with Crippen molar-refractivity contribution in [3.8, 4) is 34.2 Å². The maximum Gasteiger partial charge on any atom is 0.121 e. The van der Waals surface area contributed by atoms with E-state index < -0.39 is 13.7 Å². The zero-order valence-electron chi connectivity index (χ0n) is 43.5. The molecule has 64 heavy (non-hydrogen) atoms. The van der Waals surface area contributed by atoms with Crippen LogP contribution in [0.25, 0.3) is 78.2 Å². The first kappa shape index (κ1) is 37.3. The van der Waals surface area contributed by atoms with Crippen LogP contribution in [0.4, 0.5) is 0 Å². The summed E-state index contributed by atoms with van der Waals surface area (Å²) in [5.41, 5.74) is 13.5. The summed E-state index contributed by atoms with van der Waals surface area (Å²) in [5.74, 6) is 2.81. The smallest absolute Gasteiger partial charge is 0.121 e. The first-order valence-electron chi connectivity index (χ1n) is 25.0. The molecule has 0 amide bonds. The van der Waals surface area contributed by atoms with Crippen molar-refractivity contribution in [1.29, 1.82) is 0 Å². The Labute approximate surface area is 400 Å². The summed E-state index contributed by atoms with van der Waals surface area (Å²) < 4.78 is 59.3. The third-order valence-electron chi connectivity index (χ3n) is 12.0. The van der Waals surface area contributed by atoms with Gasteiger partial charge in [-0.1, -0.05) is 146 Å². The van der Waals surface area contributed by atoms with E-state index in [2.05, 4.69) is 143 Å². The molecule has 0 N–H and O–H groups in total. The van der Waals surface area contributed by atoms with E-state index in [-0.39, 0.29) is 43.1 Å². The minimum atomic E-state index is -2.44. The Bertz CT molecular complexity index is 3450. The third kappa shape index (κ3) is 7.92. The van der Waals surface area contributed by atoms with Gasteiger partial charge in [0.2, 0.25) is 0 Å². The first-order chi connectivity index (χ1) is 32.8. The van der Waals surface area contributed by atoms with E-state index in [4.69, 9.17) is 22.6 Å². The zero-order chi connectivity index (χ0) is 49.1. The minimum absolute atomic E-state index is 0. The molecule has 0 spiro atoms. The number of hydrogen-bond donors (Lipinski definition) is 0. The average molecular weight is 1020 g/mol.